The van der Waals surface area contributed by atoms with Crippen LogP contribution in [0.5, 0.6) is 5.75 Å². The van der Waals surface area contributed by atoms with Gasteiger partial charge in [-0.05, 0) is 38.3 Å². The Morgan fingerprint density at radius 1 is 1.27 bits per heavy atom. The molecule has 0 bridgehead atoms. The summed E-state index contributed by atoms with van der Waals surface area (Å²) < 4.78 is 7.95. The molecule has 0 amide bonds. The average Bonchev–Trinajstić information content (AvgIpc) is 2.99. The lowest BCUT2D eigenvalue weighted by Crippen LogP contribution is -2.37. The number of hydrogen-bond donors (Lipinski definition) is 2. The Bertz CT molecular complexity index is 711. The summed E-state index contributed by atoms with van der Waals surface area (Å²) in [6.07, 6.45) is 5.77. The largest absolute Gasteiger partial charge is 0.490 e. The SMILES string of the molecule is CCNC(=NCc1ccccc1OC1CCC1)NCc1ccnn1C.I. The number of nitrogens with one attached hydrogen (secondary N) is 2. The van der Waals surface area contributed by atoms with Gasteiger partial charge in [0.2, 0.25) is 0 Å². The molecule has 0 saturated heterocycles. The first kappa shape index (κ1) is 20.5. The number of aromatic nitrogens is 2. The molecule has 26 heavy (non-hydrogen) atoms. The van der Waals surface area contributed by atoms with Crippen molar-refractivity contribution in [3.8, 4) is 5.75 Å². The molecule has 0 spiro atoms. The highest BCUT2D eigenvalue weighted by molar-refractivity contribution is 14.0. The number of rotatable bonds is 7. The minimum atomic E-state index is 0. The van der Waals surface area contributed by atoms with Gasteiger partial charge >= 0.3 is 0 Å². The molecule has 1 heterocycles. The monoisotopic (exact) mass is 469 g/mol. The van der Waals surface area contributed by atoms with Crippen molar-refractivity contribution in [3.63, 3.8) is 0 Å². The number of ether oxygens (including phenoxy) is 1. The zero-order valence-corrected chi connectivity index (χ0v) is 17.8. The maximum Gasteiger partial charge on any atom is 0.191 e. The van der Waals surface area contributed by atoms with Crippen LogP contribution < -0.4 is 15.4 Å². The lowest BCUT2D eigenvalue weighted by atomic mass is 9.96. The van der Waals surface area contributed by atoms with Gasteiger partial charge in [-0.15, -0.1) is 24.0 Å². The van der Waals surface area contributed by atoms with Gasteiger partial charge in [0.25, 0.3) is 0 Å². The summed E-state index contributed by atoms with van der Waals surface area (Å²) in [5.74, 6) is 1.75. The van der Waals surface area contributed by atoms with Gasteiger partial charge in [-0.2, -0.15) is 5.10 Å². The van der Waals surface area contributed by atoms with E-state index in [1.165, 1.54) is 6.42 Å². The van der Waals surface area contributed by atoms with Crippen LogP contribution in [0.25, 0.3) is 0 Å². The molecule has 1 aliphatic carbocycles. The molecular formula is C19H28IN5O. The molecule has 1 aromatic carbocycles. The second-order valence-electron chi connectivity index (χ2n) is 6.27. The first-order valence-electron chi connectivity index (χ1n) is 9.00. The quantitative estimate of drug-likeness (QED) is 0.372. The zero-order valence-electron chi connectivity index (χ0n) is 15.4. The number of nitrogens with zero attached hydrogens (tertiary/aromatic N) is 3. The number of aryl methyl sites for hydroxylation is 1. The predicted molar refractivity (Wildman–Crippen MR) is 115 cm³/mol. The average molecular weight is 469 g/mol. The van der Waals surface area contributed by atoms with Crippen LogP contribution in [0.3, 0.4) is 0 Å². The normalized spacial score (nSPS) is 14.3. The molecule has 0 atom stereocenters. The zero-order chi connectivity index (χ0) is 17.5. The van der Waals surface area contributed by atoms with E-state index < -0.39 is 0 Å². The molecule has 1 fully saturated rings. The molecule has 0 radical (unpaired) electrons. The van der Waals surface area contributed by atoms with E-state index in [9.17, 15) is 0 Å². The molecule has 0 aliphatic heterocycles. The maximum absolute atomic E-state index is 6.09. The van der Waals surface area contributed by atoms with Crippen LogP contribution in [0.15, 0.2) is 41.5 Å². The number of hydrogen-bond acceptors (Lipinski definition) is 3. The highest BCUT2D eigenvalue weighted by Crippen LogP contribution is 2.27. The lowest BCUT2D eigenvalue weighted by Gasteiger charge is -2.27. The Hall–Kier alpha value is -1.77. The van der Waals surface area contributed by atoms with E-state index in [-0.39, 0.29) is 24.0 Å². The van der Waals surface area contributed by atoms with Crippen LogP contribution in [0.1, 0.15) is 37.4 Å². The fraction of sp³-hybridized carbons (Fsp3) is 0.474. The molecule has 1 aromatic heterocycles. The van der Waals surface area contributed by atoms with Crippen LogP contribution >= 0.6 is 24.0 Å². The van der Waals surface area contributed by atoms with E-state index in [1.807, 2.05) is 36.0 Å². The number of guanidine groups is 1. The van der Waals surface area contributed by atoms with E-state index in [0.29, 0.717) is 19.2 Å². The van der Waals surface area contributed by atoms with E-state index in [1.54, 1.807) is 6.20 Å². The summed E-state index contributed by atoms with van der Waals surface area (Å²) in [6.45, 7) is 4.15. The molecule has 2 N–H and O–H groups in total. The molecule has 0 unspecified atom stereocenters. The summed E-state index contributed by atoms with van der Waals surface area (Å²) in [6, 6.07) is 10.2. The van der Waals surface area contributed by atoms with E-state index >= 15 is 0 Å². The second-order valence-corrected chi connectivity index (χ2v) is 6.27. The second kappa shape index (κ2) is 10.4. The molecule has 6 nitrogen and oxygen atoms in total. The Kier molecular flexibility index (Phi) is 8.21. The Morgan fingerprint density at radius 3 is 2.73 bits per heavy atom. The highest BCUT2D eigenvalue weighted by atomic mass is 127. The molecule has 1 aliphatic rings. The first-order chi connectivity index (χ1) is 12.3. The fourth-order valence-electron chi connectivity index (χ4n) is 2.67. The molecular weight excluding hydrogens is 441 g/mol. The minimum Gasteiger partial charge on any atom is -0.490 e. The summed E-state index contributed by atoms with van der Waals surface area (Å²) in [7, 11) is 1.94. The summed E-state index contributed by atoms with van der Waals surface area (Å²) in [5, 5.41) is 10.8. The lowest BCUT2D eigenvalue weighted by molar-refractivity contribution is 0.119. The maximum atomic E-state index is 6.09. The molecule has 7 heteroatoms. The van der Waals surface area contributed by atoms with Gasteiger partial charge in [0, 0.05) is 25.4 Å². The summed E-state index contributed by atoms with van der Waals surface area (Å²) in [5.41, 5.74) is 2.23. The van der Waals surface area contributed by atoms with Crippen LogP contribution in [0.2, 0.25) is 0 Å². The fourth-order valence-corrected chi connectivity index (χ4v) is 2.67. The van der Waals surface area contributed by atoms with E-state index in [2.05, 4.69) is 28.7 Å². The van der Waals surface area contributed by atoms with Crippen molar-refractivity contribution < 1.29 is 4.74 Å². The van der Waals surface area contributed by atoms with Gasteiger partial charge in [-0.1, -0.05) is 18.2 Å². The van der Waals surface area contributed by atoms with E-state index in [0.717, 1.165) is 42.4 Å². The van der Waals surface area contributed by atoms with Crippen molar-refractivity contribution in [2.24, 2.45) is 12.0 Å². The number of aliphatic imine (C=N–C) groups is 1. The van der Waals surface area contributed by atoms with Gasteiger partial charge in [0.1, 0.15) is 5.75 Å². The third-order valence-corrected chi connectivity index (χ3v) is 4.43. The smallest absolute Gasteiger partial charge is 0.191 e. The summed E-state index contributed by atoms with van der Waals surface area (Å²) in [4.78, 5) is 4.71. The van der Waals surface area contributed by atoms with Crippen molar-refractivity contribution in [1.29, 1.82) is 0 Å². The predicted octanol–water partition coefficient (Wildman–Crippen LogP) is 3.22. The Morgan fingerprint density at radius 2 is 2.08 bits per heavy atom. The molecule has 142 valence electrons. The van der Waals surface area contributed by atoms with Crippen LogP contribution in [-0.4, -0.2) is 28.4 Å². The molecule has 2 aromatic rings. The van der Waals surface area contributed by atoms with Gasteiger partial charge in [-0.25, -0.2) is 4.99 Å². The van der Waals surface area contributed by atoms with Crippen molar-refractivity contribution in [2.75, 3.05) is 6.54 Å². The first-order valence-corrected chi connectivity index (χ1v) is 9.00. The third kappa shape index (κ3) is 5.62. The van der Waals surface area contributed by atoms with Crippen molar-refractivity contribution in [1.82, 2.24) is 20.4 Å². The van der Waals surface area contributed by atoms with Crippen LogP contribution in [0.4, 0.5) is 0 Å². The van der Waals surface area contributed by atoms with Crippen molar-refractivity contribution >= 4 is 29.9 Å². The summed E-state index contributed by atoms with van der Waals surface area (Å²) >= 11 is 0. The van der Waals surface area contributed by atoms with Crippen molar-refractivity contribution in [2.45, 2.75) is 45.4 Å². The topological polar surface area (TPSA) is 63.5 Å². The van der Waals surface area contributed by atoms with Gasteiger partial charge in [0.15, 0.2) is 5.96 Å². The Balaban J connectivity index is 0.00000243. The van der Waals surface area contributed by atoms with Gasteiger partial charge < -0.3 is 15.4 Å². The minimum absolute atomic E-state index is 0. The number of para-hydroxylation sites is 1. The van der Waals surface area contributed by atoms with Crippen LogP contribution in [0, 0.1) is 0 Å². The van der Waals surface area contributed by atoms with E-state index in [4.69, 9.17) is 9.73 Å². The number of benzene rings is 1. The molecule has 3 rings (SSSR count). The standard InChI is InChI=1S/C19H27N5O.HI/c1-3-20-19(22-14-16-11-12-23-24(16)2)21-13-15-7-4-5-10-18(15)25-17-8-6-9-17;/h4-5,7,10-12,17H,3,6,8-9,13-14H2,1-2H3,(H2,20,21,22);1H. The number of halogens is 1. The van der Waals surface area contributed by atoms with Crippen molar-refractivity contribution in [3.05, 3.63) is 47.8 Å². The Labute approximate surface area is 172 Å². The van der Waals surface area contributed by atoms with Crippen LogP contribution in [-0.2, 0) is 20.1 Å². The highest BCUT2D eigenvalue weighted by Gasteiger charge is 2.20. The molecule has 1 saturated carbocycles. The van der Waals surface area contributed by atoms with Gasteiger partial charge in [0.05, 0.1) is 24.9 Å². The third-order valence-electron chi connectivity index (χ3n) is 4.43. The van der Waals surface area contributed by atoms with Gasteiger partial charge in [-0.3, -0.25) is 4.68 Å².